The molecule has 0 saturated carbocycles. The van der Waals surface area contributed by atoms with Crippen LogP contribution in [0.2, 0.25) is 0 Å². The molecule has 0 unspecified atom stereocenters. The average molecular weight is 326 g/mol. The number of anilines is 2. The molecule has 0 fully saturated rings. The molecule has 24 heavy (non-hydrogen) atoms. The van der Waals surface area contributed by atoms with E-state index in [4.69, 9.17) is 4.42 Å². The monoisotopic (exact) mass is 326 g/mol. The first-order chi connectivity index (χ1) is 11.6. The van der Waals surface area contributed by atoms with Gasteiger partial charge in [0.25, 0.3) is 0 Å². The van der Waals surface area contributed by atoms with E-state index in [1.807, 2.05) is 37.3 Å². The summed E-state index contributed by atoms with van der Waals surface area (Å²) in [6.45, 7) is 2.04. The van der Waals surface area contributed by atoms with Gasteiger partial charge in [-0.2, -0.15) is 0 Å². The van der Waals surface area contributed by atoms with Crippen LogP contribution in [0.1, 0.15) is 43.3 Å². The van der Waals surface area contributed by atoms with Gasteiger partial charge in [-0.05, 0) is 48.7 Å². The SMILES string of the molecule is CCc1ccc(CCC(=O)Nc2ccc3c(c2)CCCC(=O)N3)o1. The number of benzene rings is 1. The zero-order valence-corrected chi connectivity index (χ0v) is 13.9. The van der Waals surface area contributed by atoms with Crippen LogP contribution in [0, 0.1) is 0 Å². The number of amides is 2. The number of carbonyl (C=O) groups excluding carboxylic acids is 2. The van der Waals surface area contributed by atoms with Gasteiger partial charge < -0.3 is 15.1 Å². The lowest BCUT2D eigenvalue weighted by Crippen LogP contribution is -2.13. The summed E-state index contributed by atoms with van der Waals surface area (Å²) in [7, 11) is 0. The van der Waals surface area contributed by atoms with Gasteiger partial charge in [0, 0.05) is 37.1 Å². The predicted octanol–water partition coefficient (Wildman–Crippen LogP) is 3.69. The Labute approximate surface area is 141 Å². The molecule has 1 aromatic carbocycles. The minimum absolute atomic E-state index is 0.0398. The maximum atomic E-state index is 12.1. The third-order valence-electron chi connectivity index (χ3n) is 4.18. The molecule has 0 aliphatic carbocycles. The van der Waals surface area contributed by atoms with Crippen molar-refractivity contribution in [1.82, 2.24) is 0 Å². The lowest BCUT2D eigenvalue weighted by molar-refractivity contribution is -0.117. The summed E-state index contributed by atoms with van der Waals surface area (Å²) in [6.07, 6.45) is 4.03. The van der Waals surface area contributed by atoms with Crippen LogP contribution in [-0.4, -0.2) is 11.8 Å². The van der Waals surface area contributed by atoms with E-state index in [2.05, 4.69) is 10.6 Å². The van der Waals surface area contributed by atoms with E-state index in [-0.39, 0.29) is 11.8 Å². The highest BCUT2D eigenvalue weighted by molar-refractivity contribution is 5.94. The van der Waals surface area contributed by atoms with Crippen molar-refractivity contribution in [1.29, 1.82) is 0 Å². The Morgan fingerprint density at radius 2 is 2.04 bits per heavy atom. The normalized spacial score (nSPS) is 13.8. The van der Waals surface area contributed by atoms with Crippen molar-refractivity contribution in [3.05, 3.63) is 47.4 Å². The molecule has 0 atom stereocenters. The van der Waals surface area contributed by atoms with Gasteiger partial charge in [0.1, 0.15) is 11.5 Å². The Kier molecular flexibility index (Phi) is 4.99. The van der Waals surface area contributed by atoms with Crippen LogP contribution in [-0.2, 0) is 28.9 Å². The van der Waals surface area contributed by atoms with Crippen molar-refractivity contribution >= 4 is 23.2 Å². The Hall–Kier alpha value is -2.56. The second-order valence-electron chi connectivity index (χ2n) is 6.04. The van der Waals surface area contributed by atoms with Crippen LogP contribution < -0.4 is 10.6 Å². The molecule has 2 heterocycles. The largest absolute Gasteiger partial charge is 0.466 e. The Balaban J connectivity index is 1.58. The highest BCUT2D eigenvalue weighted by atomic mass is 16.3. The van der Waals surface area contributed by atoms with Gasteiger partial charge in [0.05, 0.1) is 0 Å². The number of aryl methyl sites for hydroxylation is 3. The number of hydrogen-bond acceptors (Lipinski definition) is 3. The first-order valence-electron chi connectivity index (χ1n) is 8.44. The van der Waals surface area contributed by atoms with Gasteiger partial charge in [-0.15, -0.1) is 0 Å². The fourth-order valence-corrected chi connectivity index (χ4v) is 2.86. The summed E-state index contributed by atoms with van der Waals surface area (Å²) in [5.41, 5.74) is 2.68. The van der Waals surface area contributed by atoms with Crippen LogP contribution in [0.15, 0.2) is 34.7 Å². The minimum Gasteiger partial charge on any atom is -0.466 e. The molecular formula is C19H22N2O3. The molecule has 3 rings (SSSR count). The van der Waals surface area contributed by atoms with Crippen molar-refractivity contribution < 1.29 is 14.0 Å². The highest BCUT2D eigenvalue weighted by Crippen LogP contribution is 2.25. The van der Waals surface area contributed by atoms with Crippen LogP contribution in [0.3, 0.4) is 0 Å². The van der Waals surface area contributed by atoms with E-state index in [0.29, 0.717) is 19.3 Å². The zero-order valence-electron chi connectivity index (χ0n) is 13.9. The molecule has 0 bridgehead atoms. The molecule has 5 nitrogen and oxygen atoms in total. The summed E-state index contributed by atoms with van der Waals surface area (Å²) in [5, 5.41) is 5.81. The van der Waals surface area contributed by atoms with E-state index in [1.165, 1.54) is 0 Å². The molecule has 5 heteroatoms. The first-order valence-corrected chi connectivity index (χ1v) is 8.44. The topological polar surface area (TPSA) is 71.3 Å². The fourth-order valence-electron chi connectivity index (χ4n) is 2.86. The molecule has 1 aliphatic heterocycles. The van der Waals surface area contributed by atoms with Crippen LogP contribution >= 0.6 is 0 Å². The maximum Gasteiger partial charge on any atom is 0.224 e. The van der Waals surface area contributed by atoms with Gasteiger partial charge in [-0.3, -0.25) is 9.59 Å². The van der Waals surface area contributed by atoms with Crippen molar-refractivity contribution in [2.45, 2.75) is 45.4 Å². The van der Waals surface area contributed by atoms with Gasteiger partial charge >= 0.3 is 0 Å². The Morgan fingerprint density at radius 3 is 2.83 bits per heavy atom. The Morgan fingerprint density at radius 1 is 1.21 bits per heavy atom. The number of carbonyl (C=O) groups is 2. The molecule has 126 valence electrons. The number of hydrogen-bond donors (Lipinski definition) is 2. The third kappa shape index (κ3) is 4.04. The number of rotatable bonds is 5. The molecule has 2 N–H and O–H groups in total. The molecule has 0 saturated heterocycles. The predicted molar refractivity (Wildman–Crippen MR) is 93.0 cm³/mol. The van der Waals surface area contributed by atoms with Crippen LogP contribution in [0.4, 0.5) is 11.4 Å². The summed E-state index contributed by atoms with van der Waals surface area (Å²) >= 11 is 0. The van der Waals surface area contributed by atoms with E-state index in [1.54, 1.807) is 0 Å². The third-order valence-corrected chi connectivity index (χ3v) is 4.18. The summed E-state index contributed by atoms with van der Waals surface area (Å²) in [6, 6.07) is 9.50. The average Bonchev–Trinajstić information content (AvgIpc) is 2.95. The van der Waals surface area contributed by atoms with Crippen LogP contribution in [0.5, 0.6) is 0 Å². The van der Waals surface area contributed by atoms with E-state index in [9.17, 15) is 9.59 Å². The molecular weight excluding hydrogens is 304 g/mol. The van der Waals surface area contributed by atoms with Crippen molar-refractivity contribution in [2.24, 2.45) is 0 Å². The minimum atomic E-state index is -0.0398. The van der Waals surface area contributed by atoms with Crippen molar-refractivity contribution in [3.63, 3.8) is 0 Å². The molecule has 2 aromatic rings. The van der Waals surface area contributed by atoms with Gasteiger partial charge in [0.15, 0.2) is 0 Å². The summed E-state index contributed by atoms with van der Waals surface area (Å²) in [5.74, 6) is 1.79. The van der Waals surface area contributed by atoms with Gasteiger partial charge in [-0.1, -0.05) is 6.92 Å². The Bertz CT molecular complexity index is 749. The van der Waals surface area contributed by atoms with E-state index < -0.39 is 0 Å². The second-order valence-corrected chi connectivity index (χ2v) is 6.04. The smallest absolute Gasteiger partial charge is 0.224 e. The number of fused-ring (bicyclic) bond motifs is 1. The zero-order chi connectivity index (χ0) is 16.9. The van der Waals surface area contributed by atoms with Crippen molar-refractivity contribution in [3.8, 4) is 0 Å². The molecule has 1 aliphatic rings. The molecule has 1 aromatic heterocycles. The van der Waals surface area contributed by atoms with Crippen LogP contribution in [0.25, 0.3) is 0 Å². The molecule has 2 amide bonds. The summed E-state index contributed by atoms with van der Waals surface area (Å²) < 4.78 is 5.61. The fraction of sp³-hybridized carbons (Fsp3) is 0.368. The van der Waals surface area contributed by atoms with Gasteiger partial charge in [0.2, 0.25) is 11.8 Å². The first kappa shape index (κ1) is 16.3. The van der Waals surface area contributed by atoms with E-state index >= 15 is 0 Å². The lowest BCUT2D eigenvalue weighted by atomic mass is 10.1. The molecule has 0 radical (unpaired) electrons. The molecule has 0 spiro atoms. The van der Waals surface area contributed by atoms with E-state index in [0.717, 1.165) is 47.7 Å². The standard InChI is InChI=1S/C19H22N2O3/c1-2-15-7-8-16(24-15)9-11-19(23)20-14-6-10-17-13(12-14)4-3-5-18(22)21-17/h6-8,10,12H,2-5,9,11H2,1H3,(H,20,23)(H,21,22). The van der Waals surface area contributed by atoms with Crippen molar-refractivity contribution in [2.75, 3.05) is 10.6 Å². The second kappa shape index (κ2) is 7.34. The number of nitrogens with one attached hydrogen (secondary N) is 2. The summed E-state index contributed by atoms with van der Waals surface area (Å²) in [4.78, 5) is 23.7. The highest BCUT2D eigenvalue weighted by Gasteiger charge is 2.14. The van der Waals surface area contributed by atoms with Gasteiger partial charge in [-0.25, -0.2) is 0 Å². The quantitative estimate of drug-likeness (QED) is 0.880. The lowest BCUT2D eigenvalue weighted by Gasteiger charge is -2.10. The maximum absolute atomic E-state index is 12.1. The number of furan rings is 1.